The number of alkyl halides is 3. The predicted molar refractivity (Wildman–Crippen MR) is 85.2 cm³/mol. The number of hydrogen-bond acceptors (Lipinski definition) is 2. The van der Waals surface area contributed by atoms with Crippen molar-refractivity contribution in [1.82, 2.24) is 0 Å². The molecule has 0 saturated heterocycles. The molecule has 3 rings (SSSR count). The normalized spacial score (nSPS) is 19.3. The fraction of sp³-hybridized carbons (Fsp3) is 0.278. The Morgan fingerprint density at radius 1 is 1.12 bits per heavy atom. The third-order valence-corrected chi connectivity index (χ3v) is 4.32. The zero-order valence-corrected chi connectivity index (χ0v) is 13.4. The van der Waals surface area contributed by atoms with E-state index in [4.69, 9.17) is 5.73 Å². The molecule has 0 radical (unpaired) electrons. The number of hydrogen-bond donors (Lipinski definition) is 2. The second-order valence-electron chi connectivity index (χ2n) is 6.23. The minimum Gasteiger partial charge on any atom is -0.326 e. The number of anilines is 1. The molecule has 3 nitrogen and oxygen atoms in total. The molecule has 0 aliphatic heterocycles. The van der Waals surface area contributed by atoms with E-state index in [0.29, 0.717) is 12.0 Å². The monoisotopic (exact) mass is 370 g/mol. The first-order chi connectivity index (χ1) is 12.2. The van der Waals surface area contributed by atoms with Crippen LogP contribution in [0.15, 0.2) is 36.4 Å². The summed E-state index contributed by atoms with van der Waals surface area (Å²) in [6.07, 6.45) is -4.14. The summed E-state index contributed by atoms with van der Waals surface area (Å²) in [5.41, 5.74) is 5.23. The van der Waals surface area contributed by atoms with Crippen molar-refractivity contribution >= 4 is 11.6 Å². The van der Waals surface area contributed by atoms with Crippen LogP contribution in [-0.2, 0) is 17.5 Å². The SMILES string of the molecule is NCc1cc(NC(=O)C2CC2c2ccc(F)c(F)c2)cc(C(F)(F)F)c1. The standard InChI is InChI=1S/C18H15F5N2O/c19-15-2-1-10(5-16(15)20)13-7-14(13)17(26)25-12-4-9(8-24)3-11(6-12)18(21,22)23/h1-6,13-14H,7-8,24H2,(H,25,26). The van der Waals surface area contributed by atoms with Crippen molar-refractivity contribution in [3.63, 3.8) is 0 Å². The van der Waals surface area contributed by atoms with Crippen molar-refractivity contribution in [2.75, 3.05) is 5.32 Å². The van der Waals surface area contributed by atoms with Gasteiger partial charge in [0.05, 0.1) is 5.56 Å². The summed E-state index contributed by atoms with van der Waals surface area (Å²) in [5, 5.41) is 2.45. The number of carbonyl (C=O) groups is 1. The molecule has 2 aromatic carbocycles. The van der Waals surface area contributed by atoms with Crippen LogP contribution in [0.5, 0.6) is 0 Å². The molecule has 26 heavy (non-hydrogen) atoms. The van der Waals surface area contributed by atoms with Crippen molar-refractivity contribution in [3.8, 4) is 0 Å². The Balaban J connectivity index is 1.74. The van der Waals surface area contributed by atoms with Crippen molar-refractivity contribution in [1.29, 1.82) is 0 Å². The van der Waals surface area contributed by atoms with Crippen LogP contribution >= 0.6 is 0 Å². The Hall–Kier alpha value is -2.48. The number of amides is 1. The van der Waals surface area contributed by atoms with Gasteiger partial charge in [0, 0.05) is 18.2 Å². The molecule has 138 valence electrons. The highest BCUT2D eigenvalue weighted by Crippen LogP contribution is 2.48. The summed E-state index contributed by atoms with van der Waals surface area (Å²) in [4.78, 5) is 12.3. The molecule has 0 spiro atoms. The molecular weight excluding hydrogens is 355 g/mol. The van der Waals surface area contributed by atoms with E-state index in [1.807, 2.05) is 0 Å². The lowest BCUT2D eigenvalue weighted by Gasteiger charge is -2.12. The van der Waals surface area contributed by atoms with E-state index in [1.54, 1.807) is 0 Å². The van der Waals surface area contributed by atoms with Gasteiger partial charge in [-0.15, -0.1) is 0 Å². The molecule has 2 atom stereocenters. The van der Waals surface area contributed by atoms with Crippen LogP contribution in [0.1, 0.15) is 29.0 Å². The zero-order chi connectivity index (χ0) is 19.1. The second kappa shape index (κ2) is 6.68. The molecule has 0 aromatic heterocycles. The highest BCUT2D eigenvalue weighted by Gasteiger charge is 2.44. The smallest absolute Gasteiger partial charge is 0.326 e. The molecule has 0 bridgehead atoms. The number of benzene rings is 2. The molecule has 3 N–H and O–H groups in total. The molecule has 1 aliphatic rings. The van der Waals surface area contributed by atoms with E-state index in [-0.39, 0.29) is 23.7 Å². The van der Waals surface area contributed by atoms with Gasteiger partial charge in [-0.3, -0.25) is 4.79 Å². The average molecular weight is 370 g/mol. The minimum absolute atomic E-state index is 0.00112. The van der Waals surface area contributed by atoms with Crippen LogP contribution < -0.4 is 11.1 Å². The van der Waals surface area contributed by atoms with Crippen LogP contribution in [0.2, 0.25) is 0 Å². The lowest BCUT2D eigenvalue weighted by molar-refractivity contribution is -0.137. The number of carbonyl (C=O) groups excluding carboxylic acids is 1. The second-order valence-corrected chi connectivity index (χ2v) is 6.23. The molecule has 2 unspecified atom stereocenters. The first-order valence-electron chi connectivity index (χ1n) is 7.86. The fourth-order valence-corrected chi connectivity index (χ4v) is 2.88. The highest BCUT2D eigenvalue weighted by atomic mass is 19.4. The average Bonchev–Trinajstić information content (AvgIpc) is 3.37. The molecule has 2 aromatic rings. The van der Waals surface area contributed by atoms with Crippen molar-refractivity contribution < 1.29 is 26.7 Å². The van der Waals surface area contributed by atoms with Gasteiger partial charge < -0.3 is 11.1 Å². The van der Waals surface area contributed by atoms with Crippen LogP contribution in [0.3, 0.4) is 0 Å². The maximum atomic E-state index is 13.3. The Morgan fingerprint density at radius 2 is 1.85 bits per heavy atom. The van der Waals surface area contributed by atoms with E-state index in [0.717, 1.165) is 24.3 Å². The Kier molecular flexibility index (Phi) is 4.70. The summed E-state index contributed by atoms with van der Waals surface area (Å²) in [5.74, 6) is -3.24. The number of halogens is 5. The van der Waals surface area contributed by atoms with E-state index in [2.05, 4.69) is 5.32 Å². The highest BCUT2D eigenvalue weighted by molar-refractivity contribution is 5.95. The van der Waals surface area contributed by atoms with Gasteiger partial charge in [0.25, 0.3) is 0 Å². The first kappa shape index (κ1) is 18.3. The Labute approximate surface area is 146 Å². The zero-order valence-electron chi connectivity index (χ0n) is 13.4. The van der Waals surface area contributed by atoms with Gasteiger partial charge in [-0.25, -0.2) is 8.78 Å². The van der Waals surface area contributed by atoms with Crippen LogP contribution in [0.4, 0.5) is 27.6 Å². The van der Waals surface area contributed by atoms with Gasteiger partial charge in [-0.1, -0.05) is 6.07 Å². The van der Waals surface area contributed by atoms with Gasteiger partial charge in [-0.05, 0) is 53.8 Å². The first-order valence-corrected chi connectivity index (χ1v) is 7.86. The Morgan fingerprint density at radius 3 is 2.46 bits per heavy atom. The maximum Gasteiger partial charge on any atom is 0.416 e. The topological polar surface area (TPSA) is 55.1 Å². The quantitative estimate of drug-likeness (QED) is 0.793. The summed E-state index contributed by atoms with van der Waals surface area (Å²) in [7, 11) is 0. The molecule has 1 aliphatic carbocycles. The summed E-state index contributed by atoms with van der Waals surface area (Å²) in [6, 6.07) is 6.56. The molecule has 1 saturated carbocycles. The van der Waals surface area contributed by atoms with Crippen LogP contribution in [0.25, 0.3) is 0 Å². The number of nitrogens with two attached hydrogens (primary N) is 1. The summed E-state index contributed by atoms with van der Waals surface area (Å²) < 4.78 is 65.0. The largest absolute Gasteiger partial charge is 0.416 e. The maximum absolute atomic E-state index is 13.3. The van der Waals surface area contributed by atoms with Crippen molar-refractivity contribution in [2.24, 2.45) is 11.7 Å². The van der Waals surface area contributed by atoms with Gasteiger partial charge >= 0.3 is 6.18 Å². The minimum atomic E-state index is -4.56. The number of nitrogens with one attached hydrogen (secondary N) is 1. The van der Waals surface area contributed by atoms with Gasteiger partial charge in [0.1, 0.15) is 0 Å². The van der Waals surface area contributed by atoms with E-state index < -0.39 is 35.2 Å². The van der Waals surface area contributed by atoms with Crippen LogP contribution in [0, 0.1) is 17.6 Å². The third kappa shape index (κ3) is 3.85. The lowest BCUT2D eigenvalue weighted by atomic mass is 10.1. The molecule has 8 heteroatoms. The van der Waals surface area contributed by atoms with E-state index >= 15 is 0 Å². The fourth-order valence-electron chi connectivity index (χ4n) is 2.88. The Bertz CT molecular complexity index is 850. The van der Waals surface area contributed by atoms with Gasteiger partial charge in [0.15, 0.2) is 11.6 Å². The summed E-state index contributed by atoms with van der Waals surface area (Å²) >= 11 is 0. The van der Waals surface area contributed by atoms with E-state index in [9.17, 15) is 26.7 Å². The third-order valence-electron chi connectivity index (χ3n) is 4.32. The predicted octanol–water partition coefficient (Wildman–Crippen LogP) is 4.18. The molecule has 1 amide bonds. The van der Waals surface area contributed by atoms with Gasteiger partial charge in [0.2, 0.25) is 5.91 Å². The van der Waals surface area contributed by atoms with Crippen molar-refractivity contribution in [3.05, 3.63) is 64.7 Å². The van der Waals surface area contributed by atoms with Crippen LogP contribution in [-0.4, -0.2) is 5.91 Å². The molecule has 0 heterocycles. The summed E-state index contributed by atoms with van der Waals surface area (Å²) in [6.45, 7) is -0.103. The van der Waals surface area contributed by atoms with Crippen molar-refractivity contribution in [2.45, 2.75) is 25.1 Å². The lowest BCUT2D eigenvalue weighted by Crippen LogP contribution is -2.16. The van der Waals surface area contributed by atoms with E-state index in [1.165, 1.54) is 12.1 Å². The molecule has 1 fully saturated rings. The molecular formula is C18H15F5N2O. The van der Waals surface area contributed by atoms with Gasteiger partial charge in [-0.2, -0.15) is 13.2 Å². The number of rotatable bonds is 4.